The van der Waals surface area contributed by atoms with Crippen molar-refractivity contribution in [2.24, 2.45) is 5.92 Å². The lowest BCUT2D eigenvalue weighted by Gasteiger charge is -2.16. The largest absolute Gasteiger partial charge is 0.342 e. The van der Waals surface area contributed by atoms with Crippen LogP contribution in [0.2, 0.25) is 0 Å². The average molecular weight is 309 g/mol. The summed E-state index contributed by atoms with van der Waals surface area (Å²) in [7, 11) is 0. The van der Waals surface area contributed by atoms with Gasteiger partial charge in [-0.2, -0.15) is 0 Å². The quantitative estimate of drug-likeness (QED) is 0.364. The molecule has 1 atom stereocenters. The van der Waals surface area contributed by atoms with Gasteiger partial charge in [-0.3, -0.25) is 4.79 Å². The molecule has 0 bridgehead atoms. The van der Waals surface area contributed by atoms with E-state index in [2.05, 4.69) is 0 Å². The molecule has 1 saturated heterocycles. The Morgan fingerprint density at radius 2 is 1.45 bits per heavy atom. The van der Waals surface area contributed by atoms with Crippen molar-refractivity contribution in [1.82, 2.24) is 4.90 Å². The number of aldehydes is 2. The van der Waals surface area contributed by atoms with Gasteiger partial charge in [0.2, 0.25) is 5.91 Å². The van der Waals surface area contributed by atoms with E-state index in [4.69, 9.17) is 0 Å². The number of likely N-dealkylation sites (tertiary alicyclic amines) is 1. The van der Waals surface area contributed by atoms with Crippen molar-refractivity contribution in [3.63, 3.8) is 0 Å². The number of unbranched alkanes of at least 4 members (excludes halogenated alkanes) is 9. The van der Waals surface area contributed by atoms with E-state index in [0.29, 0.717) is 12.8 Å². The molecule has 0 spiro atoms. The molecule has 1 heterocycles. The van der Waals surface area contributed by atoms with Crippen LogP contribution in [0.1, 0.15) is 77.0 Å². The first-order valence-electron chi connectivity index (χ1n) is 8.95. The Morgan fingerprint density at radius 1 is 0.864 bits per heavy atom. The van der Waals surface area contributed by atoms with E-state index in [-0.39, 0.29) is 11.8 Å². The molecule has 1 aliphatic heterocycles. The number of carbonyl (C=O) groups excluding carboxylic acids is 3. The number of amides is 1. The zero-order chi connectivity index (χ0) is 16.0. The molecular weight excluding hydrogens is 278 g/mol. The van der Waals surface area contributed by atoms with E-state index in [9.17, 15) is 14.4 Å². The number of hydrogen-bond donors (Lipinski definition) is 0. The number of nitrogens with zero attached hydrogens (tertiary/aromatic N) is 1. The van der Waals surface area contributed by atoms with Gasteiger partial charge in [-0.1, -0.05) is 44.9 Å². The maximum absolute atomic E-state index is 12.0. The van der Waals surface area contributed by atoms with Crippen LogP contribution in [0.4, 0.5) is 0 Å². The Morgan fingerprint density at radius 3 is 2.05 bits per heavy atom. The van der Waals surface area contributed by atoms with E-state index >= 15 is 0 Å². The molecule has 0 aromatic heterocycles. The normalized spacial score (nSPS) is 17.9. The Labute approximate surface area is 134 Å². The van der Waals surface area contributed by atoms with Gasteiger partial charge in [0.05, 0.1) is 0 Å². The summed E-state index contributed by atoms with van der Waals surface area (Å²) in [6.07, 6.45) is 14.6. The molecule has 0 N–H and O–H groups in total. The summed E-state index contributed by atoms with van der Waals surface area (Å²) in [5.41, 5.74) is 0. The Hall–Kier alpha value is -1.19. The first-order valence-corrected chi connectivity index (χ1v) is 8.95. The molecule has 0 aliphatic carbocycles. The zero-order valence-electron chi connectivity index (χ0n) is 13.8. The number of carbonyl (C=O) groups is 3. The molecule has 0 radical (unpaired) electrons. The fourth-order valence-corrected chi connectivity index (χ4v) is 3.13. The van der Waals surface area contributed by atoms with Gasteiger partial charge in [0.1, 0.15) is 12.6 Å². The first kappa shape index (κ1) is 18.9. The van der Waals surface area contributed by atoms with Crippen LogP contribution in [0.25, 0.3) is 0 Å². The molecule has 1 unspecified atom stereocenters. The van der Waals surface area contributed by atoms with Gasteiger partial charge in [-0.25, -0.2) is 0 Å². The lowest BCUT2D eigenvalue weighted by molar-refractivity contribution is -0.132. The van der Waals surface area contributed by atoms with Crippen molar-refractivity contribution in [3.8, 4) is 0 Å². The van der Waals surface area contributed by atoms with E-state index in [0.717, 1.165) is 44.9 Å². The molecule has 22 heavy (non-hydrogen) atoms. The summed E-state index contributed by atoms with van der Waals surface area (Å²) in [5, 5.41) is 0. The predicted molar refractivity (Wildman–Crippen MR) is 87.6 cm³/mol. The van der Waals surface area contributed by atoms with Gasteiger partial charge in [0, 0.05) is 31.8 Å². The van der Waals surface area contributed by atoms with Gasteiger partial charge in [0.15, 0.2) is 0 Å². The van der Waals surface area contributed by atoms with Crippen LogP contribution in [0.5, 0.6) is 0 Å². The minimum Gasteiger partial charge on any atom is -0.342 e. The smallest absolute Gasteiger partial charge is 0.226 e. The van der Waals surface area contributed by atoms with Crippen molar-refractivity contribution >= 4 is 18.5 Å². The highest BCUT2D eigenvalue weighted by atomic mass is 16.2. The summed E-state index contributed by atoms with van der Waals surface area (Å²) in [6.45, 7) is 1.69. The minimum atomic E-state index is -0.0447. The van der Waals surface area contributed by atoms with Gasteiger partial charge >= 0.3 is 0 Å². The minimum absolute atomic E-state index is 0.0447. The van der Waals surface area contributed by atoms with Crippen LogP contribution in [0.15, 0.2) is 0 Å². The molecule has 0 aromatic carbocycles. The van der Waals surface area contributed by atoms with Crippen molar-refractivity contribution in [1.29, 1.82) is 0 Å². The van der Waals surface area contributed by atoms with E-state index < -0.39 is 0 Å². The number of rotatable bonds is 14. The van der Waals surface area contributed by atoms with Gasteiger partial charge in [-0.15, -0.1) is 0 Å². The first-order chi connectivity index (χ1) is 10.8. The van der Waals surface area contributed by atoms with Crippen LogP contribution in [0.3, 0.4) is 0 Å². The Bertz CT molecular complexity index is 330. The van der Waals surface area contributed by atoms with Crippen LogP contribution in [-0.4, -0.2) is 36.5 Å². The molecule has 1 rings (SSSR count). The highest BCUT2D eigenvalue weighted by Crippen LogP contribution is 2.21. The molecule has 1 fully saturated rings. The molecule has 4 nitrogen and oxygen atoms in total. The fraction of sp³-hybridized carbons (Fsp3) is 0.833. The van der Waals surface area contributed by atoms with Gasteiger partial charge < -0.3 is 14.5 Å². The van der Waals surface area contributed by atoms with Crippen molar-refractivity contribution in [3.05, 3.63) is 0 Å². The standard InChI is InChI=1S/C18H31NO3/c20-15-10-8-6-4-2-1-3-5-7-9-13-19-14-11-17(12-16-21)18(19)22/h15-17H,1-14H2. The third-order valence-electron chi connectivity index (χ3n) is 4.54. The van der Waals surface area contributed by atoms with Crippen LogP contribution >= 0.6 is 0 Å². The molecule has 126 valence electrons. The predicted octanol–water partition coefficient (Wildman–Crippen LogP) is 3.52. The van der Waals surface area contributed by atoms with Crippen molar-refractivity contribution < 1.29 is 14.4 Å². The van der Waals surface area contributed by atoms with E-state index in [1.54, 1.807) is 0 Å². The number of hydrogen-bond acceptors (Lipinski definition) is 3. The molecule has 4 heteroatoms. The molecule has 1 aliphatic rings. The third-order valence-corrected chi connectivity index (χ3v) is 4.54. The highest BCUT2D eigenvalue weighted by molar-refractivity contribution is 5.82. The fourth-order valence-electron chi connectivity index (χ4n) is 3.13. The van der Waals surface area contributed by atoms with Crippen LogP contribution in [-0.2, 0) is 14.4 Å². The third kappa shape index (κ3) is 7.71. The van der Waals surface area contributed by atoms with Gasteiger partial charge in [0.25, 0.3) is 0 Å². The SMILES string of the molecule is O=CCCCCCCCCCCCN1CCC(CC=O)C1=O. The average Bonchev–Trinajstić information content (AvgIpc) is 2.86. The Balaban J connectivity index is 1.88. The maximum atomic E-state index is 12.0. The van der Waals surface area contributed by atoms with Crippen LogP contribution < -0.4 is 0 Å². The van der Waals surface area contributed by atoms with E-state index in [1.807, 2.05) is 4.90 Å². The highest BCUT2D eigenvalue weighted by Gasteiger charge is 2.30. The van der Waals surface area contributed by atoms with Crippen molar-refractivity contribution in [2.45, 2.75) is 77.0 Å². The van der Waals surface area contributed by atoms with Gasteiger partial charge in [-0.05, 0) is 19.3 Å². The van der Waals surface area contributed by atoms with Crippen molar-refractivity contribution in [2.75, 3.05) is 13.1 Å². The molecule has 1 amide bonds. The Kier molecular flexibility index (Phi) is 10.6. The second-order valence-electron chi connectivity index (χ2n) is 6.35. The summed E-state index contributed by atoms with van der Waals surface area (Å²) >= 11 is 0. The lowest BCUT2D eigenvalue weighted by Crippen LogP contribution is -2.28. The summed E-state index contributed by atoms with van der Waals surface area (Å²) in [4.78, 5) is 34.5. The summed E-state index contributed by atoms with van der Waals surface area (Å²) < 4.78 is 0. The monoisotopic (exact) mass is 309 g/mol. The summed E-state index contributed by atoms with van der Waals surface area (Å²) in [6, 6.07) is 0. The molecular formula is C18H31NO3. The summed E-state index contributed by atoms with van der Waals surface area (Å²) in [5.74, 6) is 0.138. The molecule has 0 saturated carbocycles. The zero-order valence-corrected chi connectivity index (χ0v) is 13.8. The topological polar surface area (TPSA) is 54.5 Å². The molecule has 0 aromatic rings. The second-order valence-corrected chi connectivity index (χ2v) is 6.35. The van der Waals surface area contributed by atoms with Crippen LogP contribution in [0, 0.1) is 5.92 Å². The second kappa shape index (κ2) is 12.4. The van der Waals surface area contributed by atoms with E-state index in [1.165, 1.54) is 44.9 Å². The maximum Gasteiger partial charge on any atom is 0.226 e. The lowest BCUT2D eigenvalue weighted by atomic mass is 10.1.